The van der Waals surface area contributed by atoms with E-state index in [0.29, 0.717) is 11.9 Å². The van der Waals surface area contributed by atoms with E-state index in [1.807, 2.05) is 24.3 Å². The zero-order valence-electron chi connectivity index (χ0n) is 18.5. The minimum Gasteiger partial charge on any atom is -0.348 e. The number of aromatic nitrogens is 3. The van der Waals surface area contributed by atoms with Crippen LogP contribution in [0.4, 0.5) is 10.3 Å². The van der Waals surface area contributed by atoms with Crippen molar-refractivity contribution in [3.63, 3.8) is 0 Å². The van der Waals surface area contributed by atoms with E-state index >= 15 is 0 Å². The fourth-order valence-electron chi connectivity index (χ4n) is 4.13. The van der Waals surface area contributed by atoms with Crippen LogP contribution in [-0.4, -0.2) is 28.0 Å². The van der Waals surface area contributed by atoms with E-state index in [1.54, 1.807) is 29.7 Å². The van der Waals surface area contributed by atoms with Crippen LogP contribution in [0.1, 0.15) is 42.3 Å². The first-order valence-corrected chi connectivity index (χ1v) is 12.1. The summed E-state index contributed by atoms with van der Waals surface area (Å²) in [6.45, 7) is 4.10. The molecule has 1 aliphatic rings. The van der Waals surface area contributed by atoms with Crippen LogP contribution < -0.4 is 10.6 Å². The maximum absolute atomic E-state index is 13.6. The predicted molar refractivity (Wildman–Crippen MR) is 132 cm³/mol. The van der Waals surface area contributed by atoms with E-state index in [9.17, 15) is 4.39 Å². The largest absolute Gasteiger partial charge is 0.348 e. The predicted octanol–water partition coefficient (Wildman–Crippen LogP) is 6.05. The van der Waals surface area contributed by atoms with Gasteiger partial charge in [-0.05, 0) is 68.8 Å². The smallest absolute Gasteiger partial charge is 0.223 e. The Morgan fingerprint density at radius 1 is 1.00 bits per heavy atom. The van der Waals surface area contributed by atoms with E-state index in [4.69, 9.17) is 9.97 Å². The Bertz CT molecular complexity index is 1200. The standard InChI is InChI=1S/C26H26FN5S/c1-17(18-5-3-2-4-6-18)30-26-29-16-13-22(31-26)24-23(19-7-9-21(27)10-8-19)32-25(33-24)20-11-14-28-15-12-20/h2-10,13,16-17,20,28H,11-12,14-15H2,1H3,(H,29,30,31)/t17-/m1/s1. The van der Waals surface area contributed by atoms with E-state index < -0.39 is 0 Å². The summed E-state index contributed by atoms with van der Waals surface area (Å²) in [5.74, 6) is 0.755. The molecule has 1 saturated heterocycles. The molecule has 1 fully saturated rings. The number of nitrogens with zero attached hydrogens (tertiary/aromatic N) is 3. The number of hydrogen-bond acceptors (Lipinski definition) is 6. The molecule has 2 aromatic carbocycles. The fraction of sp³-hybridized carbons (Fsp3) is 0.269. The molecule has 5 nitrogen and oxygen atoms in total. The van der Waals surface area contributed by atoms with Gasteiger partial charge in [-0.25, -0.2) is 19.3 Å². The third kappa shape index (κ3) is 4.94. The summed E-state index contributed by atoms with van der Waals surface area (Å²) in [6, 6.07) is 18.8. The van der Waals surface area contributed by atoms with Crippen molar-refractivity contribution < 1.29 is 4.39 Å². The van der Waals surface area contributed by atoms with Crippen molar-refractivity contribution in [3.8, 4) is 21.8 Å². The number of thiazole rings is 1. The molecule has 2 aromatic heterocycles. The summed E-state index contributed by atoms with van der Waals surface area (Å²) in [6.07, 6.45) is 3.92. The third-order valence-electron chi connectivity index (χ3n) is 5.98. The van der Waals surface area contributed by atoms with Crippen LogP contribution in [0.5, 0.6) is 0 Å². The monoisotopic (exact) mass is 459 g/mol. The summed E-state index contributed by atoms with van der Waals surface area (Å²) < 4.78 is 13.6. The Labute approximate surface area is 197 Å². The minimum atomic E-state index is -0.252. The van der Waals surface area contributed by atoms with Crippen LogP contribution >= 0.6 is 11.3 Å². The van der Waals surface area contributed by atoms with Gasteiger partial charge in [-0.3, -0.25) is 0 Å². The summed E-state index contributed by atoms with van der Waals surface area (Å²) >= 11 is 1.69. The molecule has 0 spiro atoms. The second kappa shape index (κ2) is 9.77. The fourth-order valence-corrected chi connectivity index (χ4v) is 5.36. The Balaban J connectivity index is 1.50. The molecule has 1 aliphatic heterocycles. The summed E-state index contributed by atoms with van der Waals surface area (Å²) in [5.41, 5.74) is 3.75. The third-order valence-corrected chi connectivity index (χ3v) is 7.22. The molecule has 0 amide bonds. The zero-order valence-corrected chi connectivity index (χ0v) is 19.3. The lowest BCUT2D eigenvalue weighted by molar-refractivity contribution is 0.459. The second-order valence-electron chi connectivity index (χ2n) is 8.30. The molecule has 7 heteroatoms. The highest BCUT2D eigenvalue weighted by Gasteiger charge is 2.23. The zero-order chi connectivity index (χ0) is 22.6. The SMILES string of the molecule is C[C@@H](Nc1nccc(-c2sc(C3CCNCC3)nc2-c2ccc(F)cc2)n1)c1ccccc1. The van der Waals surface area contributed by atoms with Gasteiger partial charge in [-0.2, -0.15) is 0 Å². The Hall–Kier alpha value is -3.16. The van der Waals surface area contributed by atoms with Crippen molar-refractivity contribution in [1.29, 1.82) is 0 Å². The average molecular weight is 460 g/mol. The number of rotatable bonds is 6. The first-order chi connectivity index (χ1) is 16.2. The summed E-state index contributed by atoms with van der Waals surface area (Å²) in [5, 5.41) is 7.95. The van der Waals surface area contributed by atoms with Crippen molar-refractivity contribution in [2.45, 2.75) is 31.7 Å². The minimum absolute atomic E-state index is 0.0739. The van der Waals surface area contributed by atoms with E-state index in [1.165, 1.54) is 17.7 Å². The van der Waals surface area contributed by atoms with Crippen LogP contribution in [-0.2, 0) is 0 Å². The molecule has 168 valence electrons. The van der Waals surface area contributed by atoms with Crippen LogP contribution in [0.15, 0.2) is 66.9 Å². The lowest BCUT2D eigenvalue weighted by Gasteiger charge is -2.20. The van der Waals surface area contributed by atoms with E-state index in [2.05, 4.69) is 34.7 Å². The molecule has 3 heterocycles. The second-order valence-corrected chi connectivity index (χ2v) is 9.33. The van der Waals surface area contributed by atoms with Crippen LogP contribution in [0.2, 0.25) is 0 Å². The van der Waals surface area contributed by atoms with Gasteiger partial charge in [0.25, 0.3) is 0 Å². The molecule has 0 aliphatic carbocycles. The molecule has 1 atom stereocenters. The van der Waals surface area contributed by atoms with Gasteiger partial charge in [0.05, 0.1) is 27.3 Å². The Morgan fingerprint density at radius 2 is 1.76 bits per heavy atom. The lowest BCUT2D eigenvalue weighted by Crippen LogP contribution is -2.26. The molecule has 0 radical (unpaired) electrons. The molecular formula is C26H26FN5S. The van der Waals surface area contributed by atoms with Gasteiger partial charge in [0, 0.05) is 17.7 Å². The van der Waals surface area contributed by atoms with E-state index in [-0.39, 0.29) is 11.9 Å². The van der Waals surface area contributed by atoms with Crippen LogP contribution in [0.25, 0.3) is 21.8 Å². The number of piperidine rings is 1. The quantitative estimate of drug-likeness (QED) is 0.368. The number of nitrogens with one attached hydrogen (secondary N) is 2. The van der Waals surface area contributed by atoms with E-state index in [0.717, 1.165) is 52.8 Å². The van der Waals surface area contributed by atoms with Gasteiger partial charge < -0.3 is 10.6 Å². The highest BCUT2D eigenvalue weighted by Crippen LogP contribution is 2.40. The van der Waals surface area contributed by atoms with Crippen LogP contribution in [0.3, 0.4) is 0 Å². The van der Waals surface area contributed by atoms with Crippen molar-refractivity contribution in [1.82, 2.24) is 20.3 Å². The maximum atomic E-state index is 13.6. The number of benzene rings is 2. The van der Waals surface area contributed by atoms with Gasteiger partial charge >= 0.3 is 0 Å². The first kappa shape index (κ1) is 21.7. The summed E-state index contributed by atoms with van der Waals surface area (Å²) in [4.78, 5) is 15.3. The summed E-state index contributed by atoms with van der Waals surface area (Å²) in [7, 11) is 0. The van der Waals surface area contributed by atoms with Crippen LogP contribution in [0, 0.1) is 5.82 Å². The normalized spacial score (nSPS) is 15.3. The highest BCUT2D eigenvalue weighted by molar-refractivity contribution is 7.15. The first-order valence-electron chi connectivity index (χ1n) is 11.3. The average Bonchev–Trinajstić information content (AvgIpc) is 3.31. The molecule has 4 aromatic rings. The molecule has 2 N–H and O–H groups in total. The molecular weight excluding hydrogens is 433 g/mol. The Kier molecular flexibility index (Phi) is 6.41. The molecule has 0 unspecified atom stereocenters. The van der Waals surface area contributed by atoms with Gasteiger partial charge in [0.2, 0.25) is 5.95 Å². The van der Waals surface area contributed by atoms with Crippen molar-refractivity contribution in [2.75, 3.05) is 18.4 Å². The van der Waals surface area contributed by atoms with Crippen molar-refractivity contribution in [3.05, 3.63) is 83.2 Å². The highest BCUT2D eigenvalue weighted by atomic mass is 32.1. The number of halogens is 1. The molecule has 0 saturated carbocycles. The maximum Gasteiger partial charge on any atom is 0.223 e. The number of hydrogen-bond donors (Lipinski definition) is 2. The van der Waals surface area contributed by atoms with Crippen molar-refractivity contribution in [2.24, 2.45) is 0 Å². The van der Waals surface area contributed by atoms with Gasteiger partial charge in [0.1, 0.15) is 5.82 Å². The molecule has 5 rings (SSSR count). The van der Waals surface area contributed by atoms with Gasteiger partial charge in [-0.1, -0.05) is 30.3 Å². The van der Waals surface area contributed by atoms with Crippen molar-refractivity contribution >= 4 is 17.3 Å². The molecule has 0 bridgehead atoms. The topological polar surface area (TPSA) is 62.7 Å². The molecule has 33 heavy (non-hydrogen) atoms. The van der Waals surface area contributed by atoms with Gasteiger partial charge in [-0.15, -0.1) is 11.3 Å². The number of anilines is 1. The lowest BCUT2D eigenvalue weighted by atomic mass is 9.99. The van der Waals surface area contributed by atoms with Gasteiger partial charge in [0.15, 0.2) is 0 Å². The Morgan fingerprint density at radius 3 is 2.52 bits per heavy atom.